The quantitative estimate of drug-likeness (QED) is 0.495. The highest BCUT2D eigenvalue weighted by Crippen LogP contribution is 2.05. The van der Waals surface area contributed by atoms with Gasteiger partial charge in [-0.15, -0.1) is 0 Å². The molecule has 52 valence electrons. The molecule has 0 saturated carbocycles. The van der Waals surface area contributed by atoms with Crippen LogP contribution in [0.25, 0.3) is 0 Å². The normalized spacial score (nSPS) is 9.78. The van der Waals surface area contributed by atoms with Crippen LogP contribution in [0.5, 0.6) is 0 Å². The molecule has 0 aliphatic carbocycles. The van der Waals surface area contributed by atoms with Gasteiger partial charge in [-0.25, -0.2) is 0 Å². The van der Waals surface area contributed by atoms with Gasteiger partial charge in [0.2, 0.25) is 0 Å². The summed E-state index contributed by atoms with van der Waals surface area (Å²) in [5, 5.41) is 0. The third kappa shape index (κ3) is 3.77. The Labute approximate surface area is 58.6 Å². The highest BCUT2D eigenvalue weighted by atomic mass is 13.9. The lowest BCUT2D eigenvalue weighted by Crippen LogP contribution is -1.74. The molecule has 0 unspecified atom stereocenters. The van der Waals surface area contributed by atoms with E-state index in [2.05, 4.69) is 13.2 Å². The summed E-state index contributed by atoms with van der Waals surface area (Å²) in [6, 6.07) is 0. The lowest BCUT2D eigenvalue weighted by molar-refractivity contribution is 1.43. The zero-order valence-electron chi connectivity index (χ0n) is 5.57. The minimum atomic E-state index is 0. The second-order valence-corrected chi connectivity index (χ2v) is 1.73. The van der Waals surface area contributed by atoms with Crippen molar-refractivity contribution in [3.05, 3.63) is 36.5 Å². The van der Waals surface area contributed by atoms with E-state index in [0.29, 0.717) is 0 Å². The van der Waals surface area contributed by atoms with E-state index in [-0.39, 0.29) is 7.43 Å². The van der Waals surface area contributed by atoms with E-state index >= 15 is 0 Å². The largest absolute Gasteiger partial charge is 0.0985 e. The second kappa shape index (κ2) is 5.36. The van der Waals surface area contributed by atoms with Gasteiger partial charge in [0.1, 0.15) is 0 Å². The Kier molecular flexibility index (Phi) is 6.59. The van der Waals surface area contributed by atoms with E-state index in [0.717, 1.165) is 11.1 Å². The van der Waals surface area contributed by atoms with Gasteiger partial charge in [0, 0.05) is 0 Å². The molecular formula is C9H16. The molecule has 0 heterocycles. The van der Waals surface area contributed by atoms with Crippen LogP contribution in [-0.2, 0) is 0 Å². The summed E-state index contributed by atoms with van der Waals surface area (Å²) in [6.45, 7) is 11.3. The fourth-order valence-electron chi connectivity index (χ4n) is 0.538. The summed E-state index contributed by atoms with van der Waals surface area (Å²) in [5.74, 6) is 0. The number of allylic oxidation sites excluding steroid dienone is 4. The standard InChI is InChI=1S/C8H12.CH4/c1-5-8(6-2)7(3)4;/h5-6H,1,3H2,2,4H3;1H4/b8-6+;. The first kappa shape index (κ1) is 11.1. The third-order valence-corrected chi connectivity index (χ3v) is 1.02. The van der Waals surface area contributed by atoms with Crippen LogP contribution >= 0.6 is 0 Å². The molecule has 9 heavy (non-hydrogen) atoms. The fraction of sp³-hybridized carbons (Fsp3) is 0.333. The van der Waals surface area contributed by atoms with Crippen molar-refractivity contribution in [1.82, 2.24) is 0 Å². The summed E-state index contributed by atoms with van der Waals surface area (Å²) >= 11 is 0. The van der Waals surface area contributed by atoms with Gasteiger partial charge in [-0.1, -0.05) is 38.3 Å². The van der Waals surface area contributed by atoms with Gasteiger partial charge in [0.05, 0.1) is 0 Å². The lowest BCUT2D eigenvalue weighted by atomic mass is 10.1. The van der Waals surface area contributed by atoms with Crippen LogP contribution in [0, 0.1) is 0 Å². The maximum absolute atomic E-state index is 3.76. The lowest BCUT2D eigenvalue weighted by Gasteiger charge is -1.94. The maximum Gasteiger partial charge on any atom is -0.0282 e. The third-order valence-electron chi connectivity index (χ3n) is 1.02. The fourth-order valence-corrected chi connectivity index (χ4v) is 0.538. The van der Waals surface area contributed by atoms with Crippen LogP contribution in [0.15, 0.2) is 36.5 Å². The van der Waals surface area contributed by atoms with Crippen molar-refractivity contribution in [2.24, 2.45) is 0 Å². The van der Waals surface area contributed by atoms with Gasteiger partial charge in [0.25, 0.3) is 0 Å². The molecule has 0 saturated heterocycles. The first-order valence-corrected chi connectivity index (χ1v) is 2.67. The zero-order valence-corrected chi connectivity index (χ0v) is 5.57. The summed E-state index contributed by atoms with van der Waals surface area (Å²) in [5.41, 5.74) is 2.20. The smallest absolute Gasteiger partial charge is 0.0282 e. The van der Waals surface area contributed by atoms with Crippen LogP contribution < -0.4 is 0 Å². The predicted octanol–water partition coefficient (Wildman–Crippen LogP) is 3.33. The van der Waals surface area contributed by atoms with Crippen molar-refractivity contribution < 1.29 is 0 Å². The highest BCUT2D eigenvalue weighted by molar-refractivity contribution is 5.34. The highest BCUT2D eigenvalue weighted by Gasteiger charge is 1.85. The first-order chi connectivity index (χ1) is 3.72. The number of hydrogen-bond donors (Lipinski definition) is 0. The molecule has 0 bridgehead atoms. The number of rotatable bonds is 2. The van der Waals surface area contributed by atoms with E-state index in [1.807, 2.05) is 26.0 Å². The maximum atomic E-state index is 3.76. The van der Waals surface area contributed by atoms with Crippen molar-refractivity contribution in [1.29, 1.82) is 0 Å². The topological polar surface area (TPSA) is 0 Å². The molecule has 0 atom stereocenters. The van der Waals surface area contributed by atoms with Crippen molar-refractivity contribution >= 4 is 0 Å². The van der Waals surface area contributed by atoms with E-state index in [4.69, 9.17) is 0 Å². The Morgan fingerprint density at radius 3 is 1.89 bits per heavy atom. The molecule has 0 aliphatic rings. The summed E-state index contributed by atoms with van der Waals surface area (Å²) < 4.78 is 0. The first-order valence-electron chi connectivity index (χ1n) is 2.67. The molecule has 0 aromatic rings. The average Bonchev–Trinajstić information content (AvgIpc) is 1.69. The van der Waals surface area contributed by atoms with Crippen LogP contribution in [0.4, 0.5) is 0 Å². The van der Waals surface area contributed by atoms with Gasteiger partial charge in [0.15, 0.2) is 0 Å². The van der Waals surface area contributed by atoms with Gasteiger partial charge >= 0.3 is 0 Å². The minimum Gasteiger partial charge on any atom is -0.0985 e. The average molecular weight is 124 g/mol. The molecule has 0 fully saturated rings. The molecule has 0 radical (unpaired) electrons. The molecule has 0 N–H and O–H groups in total. The van der Waals surface area contributed by atoms with Crippen molar-refractivity contribution in [3.63, 3.8) is 0 Å². The van der Waals surface area contributed by atoms with Crippen molar-refractivity contribution in [2.45, 2.75) is 21.3 Å². The molecule has 0 aromatic heterocycles. The van der Waals surface area contributed by atoms with Crippen molar-refractivity contribution in [3.8, 4) is 0 Å². The van der Waals surface area contributed by atoms with E-state index in [9.17, 15) is 0 Å². The van der Waals surface area contributed by atoms with E-state index in [1.54, 1.807) is 0 Å². The van der Waals surface area contributed by atoms with Gasteiger partial charge in [-0.2, -0.15) is 0 Å². The molecule has 0 rings (SSSR count). The van der Waals surface area contributed by atoms with Gasteiger partial charge < -0.3 is 0 Å². The Bertz CT molecular complexity index is 127. The Morgan fingerprint density at radius 1 is 1.44 bits per heavy atom. The molecule has 0 aliphatic heterocycles. The molecule has 0 heteroatoms. The molecule has 0 aromatic carbocycles. The van der Waals surface area contributed by atoms with Crippen LogP contribution in [0.1, 0.15) is 21.3 Å². The van der Waals surface area contributed by atoms with Gasteiger partial charge in [-0.05, 0) is 19.4 Å². The van der Waals surface area contributed by atoms with E-state index < -0.39 is 0 Å². The minimum absolute atomic E-state index is 0. The molecule has 0 amide bonds. The molecule has 0 spiro atoms. The van der Waals surface area contributed by atoms with Gasteiger partial charge in [-0.3, -0.25) is 0 Å². The van der Waals surface area contributed by atoms with Crippen molar-refractivity contribution in [2.75, 3.05) is 0 Å². The number of hydrogen-bond acceptors (Lipinski definition) is 0. The summed E-state index contributed by atoms with van der Waals surface area (Å²) in [6.07, 6.45) is 3.80. The molecule has 0 nitrogen and oxygen atoms in total. The SMILES string of the molecule is C.C=C/C(=C\C)C(=C)C. The predicted molar refractivity (Wildman–Crippen MR) is 45.5 cm³/mol. The summed E-state index contributed by atoms with van der Waals surface area (Å²) in [4.78, 5) is 0. The van der Waals surface area contributed by atoms with Crippen LogP contribution in [0.3, 0.4) is 0 Å². The zero-order chi connectivity index (χ0) is 6.57. The Balaban J connectivity index is 0. The Morgan fingerprint density at radius 2 is 1.89 bits per heavy atom. The Hall–Kier alpha value is -0.780. The summed E-state index contributed by atoms with van der Waals surface area (Å²) in [7, 11) is 0. The van der Waals surface area contributed by atoms with E-state index in [1.165, 1.54) is 0 Å². The second-order valence-electron chi connectivity index (χ2n) is 1.73. The monoisotopic (exact) mass is 124 g/mol. The molecular weight excluding hydrogens is 108 g/mol. The van der Waals surface area contributed by atoms with Crippen LogP contribution in [-0.4, -0.2) is 0 Å². The van der Waals surface area contributed by atoms with Crippen LogP contribution in [0.2, 0.25) is 0 Å².